The fourth-order valence-corrected chi connectivity index (χ4v) is 8.01. The largest absolute Gasteiger partial charge is 0.492 e. The second-order valence-electron chi connectivity index (χ2n) is 12.1. The van der Waals surface area contributed by atoms with Crippen LogP contribution >= 0.6 is 23.2 Å². The zero-order valence-corrected chi connectivity index (χ0v) is 33.2. The van der Waals surface area contributed by atoms with E-state index < -0.39 is 67.5 Å². The molecule has 0 radical (unpaired) electrons. The number of hydrogen-bond acceptors (Lipinski definition) is 14. The SMILES string of the molecule is CCOc1cc(N=Nc2cc(Cl)c(S(=O)(=O)O)cc2Cl)c2cc(S(=O)(=O)O)ccc2c1N/N=C1/C(=O)c2ccc(NC(=O)c3ccc(N)cc3)cc2C=C1S(=O)(=O)O. The van der Waals surface area contributed by atoms with E-state index in [9.17, 15) is 48.5 Å². The maximum Gasteiger partial charge on any atom is 0.296 e. The molecule has 0 saturated carbocycles. The van der Waals surface area contributed by atoms with Crippen molar-refractivity contribution in [2.45, 2.75) is 16.7 Å². The Hall–Kier alpha value is -5.78. The number of benzene rings is 5. The summed E-state index contributed by atoms with van der Waals surface area (Å²) in [4.78, 5) is 24.4. The highest BCUT2D eigenvalue weighted by atomic mass is 35.5. The maximum absolute atomic E-state index is 13.8. The number of fused-ring (bicyclic) bond motifs is 2. The fraction of sp³-hybridized carbons (Fsp3) is 0.0571. The van der Waals surface area contributed by atoms with Crippen LogP contribution in [0.3, 0.4) is 0 Å². The van der Waals surface area contributed by atoms with E-state index in [1.807, 2.05) is 0 Å². The number of ketones is 1. The van der Waals surface area contributed by atoms with Crippen LogP contribution in [0.15, 0.2) is 109 Å². The Morgan fingerprint density at radius 3 is 2.12 bits per heavy atom. The first-order valence-corrected chi connectivity index (χ1v) is 21.2. The van der Waals surface area contributed by atoms with Crippen molar-refractivity contribution in [1.29, 1.82) is 0 Å². The Kier molecular flexibility index (Phi) is 11.4. The number of rotatable bonds is 11. The lowest BCUT2D eigenvalue weighted by Gasteiger charge is -2.19. The Morgan fingerprint density at radius 2 is 1.48 bits per heavy atom. The van der Waals surface area contributed by atoms with E-state index in [-0.39, 0.29) is 67.6 Å². The van der Waals surface area contributed by atoms with Crippen LogP contribution in [0, 0.1) is 0 Å². The number of nitrogen functional groups attached to an aromatic ring is 1. The smallest absolute Gasteiger partial charge is 0.296 e. The van der Waals surface area contributed by atoms with Crippen LogP contribution in [0.2, 0.25) is 10.0 Å². The summed E-state index contributed by atoms with van der Waals surface area (Å²) >= 11 is 12.2. The summed E-state index contributed by atoms with van der Waals surface area (Å²) in [5.41, 5.74) is 8.01. The minimum Gasteiger partial charge on any atom is -0.492 e. The van der Waals surface area contributed by atoms with E-state index in [4.69, 9.17) is 33.7 Å². The molecule has 7 N–H and O–H groups in total. The summed E-state index contributed by atoms with van der Waals surface area (Å²) < 4.78 is 108. The van der Waals surface area contributed by atoms with Gasteiger partial charge in [-0.1, -0.05) is 29.3 Å². The predicted octanol–water partition coefficient (Wildman–Crippen LogP) is 7.18. The van der Waals surface area contributed by atoms with Crippen LogP contribution in [0.4, 0.5) is 28.4 Å². The summed E-state index contributed by atoms with van der Waals surface area (Å²) in [6.07, 6.45) is 0.981. The summed E-state index contributed by atoms with van der Waals surface area (Å²) in [6, 6.07) is 16.4. The minimum atomic E-state index is -5.13. The number of ether oxygens (including phenoxy) is 1. The second-order valence-corrected chi connectivity index (χ2v) is 17.1. The average molecular weight is 890 g/mol. The van der Waals surface area contributed by atoms with E-state index >= 15 is 0 Å². The lowest BCUT2D eigenvalue weighted by atomic mass is 9.94. The highest BCUT2D eigenvalue weighted by molar-refractivity contribution is 7.91. The zero-order chi connectivity index (χ0) is 42.3. The van der Waals surface area contributed by atoms with Crippen molar-refractivity contribution in [2.24, 2.45) is 15.3 Å². The molecule has 1 aliphatic rings. The van der Waals surface area contributed by atoms with Crippen molar-refractivity contribution in [1.82, 2.24) is 0 Å². The molecule has 6 rings (SSSR count). The van der Waals surface area contributed by atoms with Gasteiger partial charge in [0.2, 0.25) is 5.78 Å². The number of nitrogens with two attached hydrogens (primary N) is 1. The van der Waals surface area contributed by atoms with Gasteiger partial charge in [0.05, 0.1) is 27.2 Å². The number of allylic oxidation sites excluding steroid dienone is 1. The number of halogens is 2. The van der Waals surface area contributed by atoms with Gasteiger partial charge >= 0.3 is 0 Å². The maximum atomic E-state index is 13.8. The Labute approximate surface area is 339 Å². The second kappa shape index (κ2) is 15.9. The quantitative estimate of drug-likeness (QED) is 0.0331. The molecule has 0 saturated heterocycles. The summed E-state index contributed by atoms with van der Waals surface area (Å²) in [5.74, 6) is -1.53. The Bertz CT molecular complexity index is 3010. The molecule has 18 nitrogen and oxygen atoms in total. The van der Waals surface area contributed by atoms with Gasteiger partial charge in [-0.2, -0.15) is 30.4 Å². The first kappa shape index (κ1) is 41.8. The molecule has 0 aromatic heterocycles. The summed E-state index contributed by atoms with van der Waals surface area (Å²) in [7, 11) is -14.7. The van der Waals surface area contributed by atoms with Gasteiger partial charge < -0.3 is 15.8 Å². The number of hydrogen-bond donors (Lipinski definition) is 6. The molecule has 0 atom stereocenters. The lowest BCUT2D eigenvalue weighted by Crippen LogP contribution is -2.27. The third-order valence-corrected chi connectivity index (χ3v) is 11.6. The normalized spacial score (nSPS) is 14.1. The van der Waals surface area contributed by atoms with Crippen molar-refractivity contribution in [3.8, 4) is 5.75 Å². The number of amides is 1. The number of nitrogens with one attached hydrogen (secondary N) is 2. The average Bonchev–Trinajstić information content (AvgIpc) is 3.14. The monoisotopic (exact) mass is 888 g/mol. The highest BCUT2D eigenvalue weighted by Crippen LogP contribution is 2.43. The zero-order valence-electron chi connectivity index (χ0n) is 29.2. The molecule has 0 fully saturated rings. The summed E-state index contributed by atoms with van der Waals surface area (Å²) in [5, 5.41) is 14.1. The molecular formula is C35H26Cl2N6O12S3. The molecule has 5 aromatic rings. The van der Waals surface area contributed by atoms with E-state index in [1.165, 1.54) is 54.6 Å². The Balaban J connectivity index is 1.44. The van der Waals surface area contributed by atoms with Crippen molar-refractivity contribution in [3.63, 3.8) is 0 Å². The molecule has 300 valence electrons. The van der Waals surface area contributed by atoms with Gasteiger partial charge in [0.15, 0.2) is 5.71 Å². The molecule has 58 heavy (non-hydrogen) atoms. The minimum absolute atomic E-state index is 0.00859. The predicted molar refractivity (Wildman–Crippen MR) is 216 cm³/mol. The number of anilines is 3. The van der Waals surface area contributed by atoms with E-state index in [0.29, 0.717) is 5.69 Å². The van der Waals surface area contributed by atoms with Gasteiger partial charge in [0, 0.05) is 39.3 Å². The van der Waals surface area contributed by atoms with Crippen molar-refractivity contribution in [3.05, 3.63) is 111 Å². The first-order chi connectivity index (χ1) is 27.1. The lowest BCUT2D eigenvalue weighted by molar-refractivity contribution is 0.102. The van der Waals surface area contributed by atoms with Crippen LogP contribution in [-0.4, -0.2) is 62.9 Å². The molecule has 0 unspecified atom stereocenters. The number of carbonyl (C=O) groups excluding carboxylic acids is 2. The van der Waals surface area contributed by atoms with Gasteiger partial charge in [-0.25, -0.2) is 0 Å². The van der Waals surface area contributed by atoms with E-state index in [2.05, 4.69) is 26.1 Å². The van der Waals surface area contributed by atoms with E-state index in [0.717, 1.165) is 30.3 Å². The van der Waals surface area contributed by atoms with Gasteiger partial charge in [-0.05, 0) is 85.3 Å². The van der Waals surface area contributed by atoms with Crippen LogP contribution in [0.5, 0.6) is 5.75 Å². The number of azo groups is 1. The number of carbonyl (C=O) groups is 2. The molecule has 0 spiro atoms. The third-order valence-electron chi connectivity index (χ3n) is 8.21. The molecule has 5 aromatic carbocycles. The molecule has 23 heteroatoms. The number of nitrogens with zero attached hydrogens (tertiary/aromatic N) is 3. The Morgan fingerprint density at radius 1 is 0.793 bits per heavy atom. The number of hydrazone groups is 1. The van der Waals surface area contributed by atoms with Crippen LogP contribution in [-0.2, 0) is 30.4 Å². The molecule has 0 bridgehead atoms. The van der Waals surface area contributed by atoms with Crippen LogP contribution < -0.4 is 21.2 Å². The molecular weight excluding hydrogens is 864 g/mol. The van der Waals surface area contributed by atoms with Crippen LogP contribution in [0.1, 0.15) is 33.2 Å². The van der Waals surface area contributed by atoms with Crippen molar-refractivity contribution < 1.29 is 53.2 Å². The number of Topliss-reactive ketones (excluding diaryl/α,β-unsaturated/α-hetero) is 1. The molecule has 0 aliphatic heterocycles. The van der Waals surface area contributed by atoms with Gasteiger partial charge in [-0.15, -0.1) is 10.2 Å². The van der Waals surface area contributed by atoms with Gasteiger partial charge in [0.25, 0.3) is 36.3 Å². The van der Waals surface area contributed by atoms with E-state index in [1.54, 1.807) is 6.92 Å². The molecule has 1 aliphatic carbocycles. The topological polar surface area (TPSA) is 294 Å². The van der Waals surface area contributed by atoms with Gasteiger partial charge in [-0.3, -0.25) is 28.7 Å². The van der Waals surface area contributed by atoms with Crippen molar-refractivity contribution in [2.75, 3.05) is 23.1 Å². The standard InChI is InChI=1S/C35H26Cl2N6O12S3/c1-2-55-29-16-27(40-41-28-14-26(37)30(15-25(28)36)57(49,50)51)24-13-21(56(46,47)48)8-10-23(24)32(29)42-43-33-31(58(52,53)54)12-18-11-20(7-9-22(18)34(33)44)39-35(45)17-3-5-19(38)6-4-17/h3-16,42H,2,38H2,1H3,(H,39,45)(H,46,47,48)(H,49,50,51)(H,52,53,54)/b41-40?,43-33+. The summed E-state index contributed by atoms with van der Waals surface area (Å²) in [6.45, 7) is 1.61. The van der Waals surface area contributed by atoms with Gasteiger partial charge in [0.1, 0.15) is 26.9 Å². The highest BCUT2D eigenvalue weighted by Gasteiger charge is 2.33. The first-order valence-electron chi connectivity index (χ1n) is 16.1. The van der Waals surface area contributed by atoms with Crippen molar-refractivity contribution >= 4 is 116 Å². The molecule has 0 heterocycles. The molecule has 1 amide bonds. The third kappa shape index (κ3) is 8.85. The fourth-order valence-electron chi connectivity index (χ4n) is 5.56. The van der Waals surface area contributed by atoms with Crippen LogP contribution in [0.25, 0.3) is 16.8 Å².